The van der Waals surface area contributed by atoms with Crippen molar-refractivity contribution in [3.63, 3.8) is 0 Å². The second-order valence-electron chi connectivity index (χ2n) is 6.04. The molecule has 2 rings (SSSR count). The molecule has 2 aromatic rings. The highest BCUT2D eigenvalue weighted by atomic mass is 15.3. The fourth-order valence-electron chi connectivity index (χ4n) is 2.59. The number of aromatic nitrogens is 3. The van der Waals surface area contributed by atoms with Gasteiger partial charge in [-0.05, 0) is 24.3 Å². The molecule has 0 saturated carbocycles. The van der Waals surface area contributed by atoms with Crippen LogP contribution in [-0.2, 0) is 19.0 Å². The van der Waals surface area contributed by atoms with Crippen molar-refractivity contribution >= 4 is 0 Å². The first-order chi connectivity index (χ1) is 9.49. The molecule has 1 N–H and O–H groups in total. The van der Waals surface area contributed by atoms with Crippen molar-refractivity contribution in [2.75, 3.05) is 0 Å². The largest absolute Gasteiger partial charge is 0.307 e. The average Bonchev–Trinajstić information content (AvgIpc) is 2.82. The van der Waals surface area contributed by atoms with Crippen molar-refractivity contribution in [3.8, 4) is 0 Å². The fourth-order valence-corrected chi connectivity index (χ4v) is 2.59. The van der Waals surface area contributed by atoms with Gasteiger partial charge in [0.05, 0.1) is 6.54 Å². The van der Waals surface area contributed by atoms with Crippen molar-refractivity contribution in [2.24, 2.45) is 7.05 Å². The van der Waals surface area contributed by atoms with Crippen LogP contribution in [0, 0.1) is 0 Å². The summed E-state index contributed by atoms with van der Waals surface area (Å²) in [4.78, 5) is 4.23. The zero-order valence-corrected chi connectivity index (χ0v) is 12.8. The standard InChI is InChI=1S/C16H24N4/c1-13(17-11-15-18-12-19-20(15)4)10-16(2,3)14-8-6-5-7-9-14/h5-9,12-13,17H,10-11H2,1-4H3. The van der Waals surface area contributed by atoms with E-state index in [9.17, 15) is 0 Å². The number of nitrogens with zero attached hydrogens (tertiary/aromatic N) is 3. The van der Waals surface area contributed by atoms with E-state index >= 15 is 0 Å². The Morgan fingerprint density at radius 1 is 1.25 bits per heavy atom. The van der Waals surface area contributed by atoms with Crippen molar-refractivity contribution in [3.05, 3.63) is 48.0 Å². The number of aryl methyl sites for hydroxylation is 1. The summed E-state index contributed by atoms with van der Waals surface area (Å²) in [5.41, 5.74) is 1.54. The minimum Gasteiger partial charge on any atom is -0.307 e. The Labute approximate surface area is 121 Å². The van der Waals surface area contributed by atoms with Crippen molar-refractivity contribution < 1.29 is 0 Å². The maximum Gasteiger partial charge on any atom is 0.140 e. The van der Waals surface area contributed by atoms with Gasteiger partial charge in [-0.2, -0.15) is 5.10 Å². The zero-order chi connectivity index (χ0) is 14.6. The summed E-state index contributed by atoms with van der Waals surface area (Å²) in [5, 5.41) is 7.61. The van der Waals surface area contributed by atoms with Crippen LogP contribution in [-0.4, -0.2) is 20.8 Å². The number of hydrogen-bond donors (Lipinski definition) is 1. The van der Waals surface area contributed by atoms with E-state index in [1.807, 2.05) is 11.7 Å². The molecule has 0 spiro atoms. The van der Waals surface area contributed by atoms with Crippen molar-refractivity contribution in [2.45, 2.75) is 45.2 Å². The smallest absolute Gasteiger partial charge is 0.140 e. The van der Waals surface area contributed by atoms with Gasteiger partial charge in [0.25, 0.3) is 0 Å². The number of nitrogens with one attached hydrogen (secondary N) is 1. The summed E-state index contributed by atoms with van der Waals surface area (Å²) in [6.45, 7) is 7.56. The molecule has 20 heavy (non-hydrogen) atoms. The first-order valence-corrected chi connectivity index (χ1v) is 7.11. The first-order valence-electron chi connectivity index (χ1n) is 7.11. The van der Waals surface area contributed by atoms with E-state index in [-0.39, 0.29) is 5.41 Å². The van der Waals surface area contributed by atoms with E-state index in [1.54, 1.807) is 6.33 Å². The fraction of sp³-hybridized carbons (Fsp3) is 0.500. The van der Waals surface area contributed by atoms with Crippen LogP contribution in [0.1, 0.15) is 38.6 Å². The highest BCUT2D eigenvalue weighted by Crippen LogP contribution is 2.28. The summed E-state index contributed by atoms with van der Waals surface area (Å²) < 4.78 is 1.81. The Kier molecular flexibility index (Phi) is 4.55. The quantitative estimate of drug-likeness (QED) is 0.879. The van der Waals surface area contributed by atoms with Crippen LogP contribution in [0.4, 0.5) is 0 Å². The highest BCUT2D eigenvalue weighted by Gasteiger charge is 2.23. The lowest BCUT2D eigenvalue weighted by molar-refractivity contribution is 0.383. The molecular weight excluding hydrogens is 248 g/mol. The van der Waals surface area contributed by atoms with Gasteiger partial charge >= 0.3 is 0 Å². The summed E-state index contributed by atoms with van der Waals surface area (Å²) in [5.74, 6) is 0.967. The summed E-state index contributed by atoms with van der Waals surface area (Å²) >= 11 is 0. The second kappa shape index (κ2) is 6.18. The SMILES string of the molecule is CC(CC(C)(C)c1ccccc1)NCc1ncnn1C. The average molecular weight is 272 g/mol. The summed E-state index contributed by atoms with van der Waals surface area (Å²) in [7, 11) is 1.92. The number of rotatable bonds is 6. The van der Waals surface area contributed by atoms with Gasteiger partial charge in [0.15, 0.2) is 0 Å². The monoisotopic (exact) mass is 272 g/mol. The maximum atomic E-state index is 4.23. The van der Waals surface area contributed by atoms with Crippen LogP contribution in [0.3, 0.4) is 0 Å². The van der Waals surface area contributed by atoms with E-state index in [4.69, 9.17) is 0 Å². The molecule has 1 aromatic heterocycles. The third kappa shape index (κ3) is 3.67. The topological polar surface area (TPSA) is 42.7 Å². The molecule has 1 atom stereocenters. The Bertz CT molecular complexity index is 530. The molecule has 1 heterocycles. The summed E-state index contributed by atoms with van der Waals surface area (Å²) in [6.07, 6.45) is 2.67. The number of hydrogen-bond acceptors (Lipinski definition) is 3. The van der Waals surface area contributed by atoms with E-state index < -0.39 is 0 Å². The Morgan fingerprint density at radius 2 is 1.95 bits per heavy atom. The molecule has 1 aromatic carbocycles. The van der Waals surface area contributed by atoms with Crippen LogP contribution in [0.5, 0.6) is 0 Å². The minimum atomic E-state index is 0.160. The molecule has 0 radical (unpaired) electrons. The molecular formula is C16H24N4. The van der Waals surface area contributed by atoms with Crippen LogP contribution in [0.15, 0.2) is 36.7 Å². The lowest BCUT2D eigenvalue weighted by atomic mass is 9.79. The van der Waals surface area contributed by atoms with Crippen LogP contribution in [0.2, 0.25) is 0 Å². The molecule has 0 aliphatic carbocycles. The predicted octanol–water partition coefficient (Wildman–Crippen LogP) is 2.66. The van der Waals surface area contributed by atoms with Gasteiger partial charge in [-0.15, -0.1) is 0 Å². The normalized spacial score (nSPS) is 13.4. The van der Waals surface area contributed by atoms with E-state index in [2.05, 4.69) is 66.5 Å². The third-order valence-electron chi connectivity index (χ3n) is 3.79. The minimum absolute atomic E-state index is 0.160. The molecule has 0 aliphatic heterocycles. The molecule has 0 bridgehead atoms. The summed E-state index contributed by atoms with van der Waals surface area (Å²) in [6, 6.07) is 11.1. The van der Waals surface area contributed by atoms with Crippen LogP contribution in [0.25, 0.3) is 0 Å². The highest BCUT2D eigenvalue weighted by molar-refractivity contribution is 5.23. The van der Waals surface area contributed by atoms with Gasteiger partial charge in [-0.1, -0.05) is 44.2 Å². The van der Waals surface area contributed by atoms with Crippen LogP contribution < -0.4 is 5.32 Å². The molecule has 0 aliphatic rings. The molecule has 108 valence electrons. The van der Waals surface area contributed by atoms with Gasteiger partial charge in [0.2, 0.25) is 0 Å². The molecule has 4 nitrogen and oxygen atoms in total. The Balaban J connectivity index is 1.91. The molecule has 0 amide bonds. The van der Waals surface area contributed by atoms with Gasteiger partial charge in [0, 0.05) is 13.1 Å². The van der Waals surface area contributed by atoms with Crippen LogP contribution >= 0.6 is 0 Å². The first kappa shape index (κ1) is 14.7. The lowest BCUT2D eigenvalue weighted by Gasteiger charge is -2.29. The molecule has 0 fully saturated rings. The second-order valence-corrected chi connectivity index (χ2v) is 6.04. The third-order valence-corrected chi connectivity index (χ3v) is 3.79. The zero-order valence-electron chi connectivity index (χ0n) is 12.8. The van der Waals surface area contributed by atoms with E-state index in [0.717, 1.165) is 18.8 Å². The lowest BCUT2D eigenvalue weighted by Crippen LogP contribution is -2.33. The predicted molar refractivity (Wildman–Crippen MR) is 81.4 cm³/mol. The van der Waals surface area contributed by atoms with E-state index in [1.165, 1.54) is 5.56 Å². The maximum absolute atomic E-state index is 4.23. The molecule has 1 unspecified atom stereocenters. The molecule has 0 saturated heterocycles. The number of benzene rings is 1. The van der Waals surface area contributed by atoms with Crippen molar-refractivity contribution in [1.29, 1.82) is 0 Å². The molecule has 4 heteroatoms. The van der Waals surface area contributed by atoms with Crippen molar-refractivity contribution in [1.82, 2.24) is 20.1 Å². The van der Waals surface area contributed by atoms with Gasteiger partial charge in [0.1, 0.15) is 12.2 Å². The van der Waals surface area contributed by atoms with E-state index in [0.29, 0.717) is 6.04 Å². The Hall–Kier alpha value is -1.68. The van der Waals surface area contributed by atoms with Gasteiger partial charge in [-0.25, -0.2) is 4.98 Å². The van der Waals surface area contributed by atoms with Gasteiger partial charge in [-0.3, -0.25) is 4.68 Å². The Morgan fingerprint density at radius 3 is 2.55 bits per heavy atom. The van der Waals surface area contributed by atoms with Gasteiger partial charge < -0.3 is 5.32 Å².